The zero-order chi connectivity index (χ0) is 9.52. The summed E-state index contributed by atoms with van der Waals surface area (Å²) in [4.78, 5) is 0. The molecule has 1 aliphatic rings. The molecule has 0 radical (unpaired) electrons. The van der Waals surface area contributed by atoms with Crippen LogP contribution in [0, 0.1) is 5.92 Å². The van der Waals surface area contributed by atoms with Crippen LogP contribution in [-0.2, 0) is 4.74 Å². The molecular formula is C12H20O. The van der Waals surface area contributed by atoms with Crippen molar-refractivity contribution >= 4 is 0 Å². The van der Waals surface area contributed by atoms with E-state index in [1.165, 1.54) is 18.4 Å². The van der Waals surface area contributed by atoms with Crippen LogP contribution in [0.5, 0.6) is 0 Å². The molecule has 0 saturated carbocycles. The van der Waals surface area contributed by atoms with E-state index >= 15 is 0 Å². The molecule has 0 unspecified atom stereocenters. The number of hydrogen-bond acceptors (Lipinski definition) is 1. The number of allylic oxidation sites excluding steroid dienone is 2. The van der Waals surface area contributed by atoms with Gasteiger partial charge in [-0.2, -0.15) is 0 Å². The molecule has 0 aliphatic heterocycles. The fourth-order valence-corrected chi connectivity index (χ4v) is 1.28. The lowest BCUT2D eigenvalue weighted by Gasteiger charge is -2.09. The predicted octanol–water partition coefficient (Wildman–Crippen LogP) is 3.33. The average molecular weight is 180 g/mol. The molecule has 0 aromatic carbocycles. The van der Waals surface area contributed by atoms with Gasteiger partial charge in [-0.1, -0.05) is 32.1 Å². The lowest BCUT2D eigenvalue weighted by Crippen LogP contribution is -2.02. The van der Waals surface area contributed by atoms with Crippen LogP contribution < -0.4 is 0 Å². The van der Waals surface area contributed by atoms with E-state index in [9.17, 15) is 0 Å². The molecule has 0 aromatic rings. The normalized spacial score (nSPS) is 16.4. The minimum Gasteiger partial charge on any atom is -0.377 e. The minimum absolute atomic E-state index is 0.746. The third-order valence-corrected chi connectivity index (χ3v) is 2.18. The van der Waals surface area contributed by atoms with Gasteiger partial charge in [0.2, 0.25) is 0 Å². The molecule has 0 fully saturated rings. The van der Waals surface area contributed by atoms with Crippen LogP contribution in [0.2, 0.25) is 0 Å². The molecule has 13 heavy (non-hydrogen) atoms. The van der Waals surface area contributed by atoms with Crippen molar-refractivity contribution in [1.29, 1.82) is 0 Å². The Morgan fingerprint density at radius 3 is 2.85 bits per heavy atom. The van der Waals surface area contributed by atoms with Gasteiger partial charge in [-0.05, 0) is 30.8 Å². The Labute approximate surface area is 81.5 Å². The zero-order valence-electron chi connectivity index (χ0n) is 8.75. The Balaban J connectivity index is 2.05. The van der Waals surface area contributed by atoms with Crippen molar-refractivity contribution < 1.29 is 4.74 Å². The summed E-state index contributed by atoms with van der Waals surface area (Å²) < 4.78 is 5.56. The van der Waals surface area contributed by atoms with Crippen molar-refractivity contribution in [2.45, 2.75) is 33.1 Å². The van der Waals surface area contributed by atoms with Gasteiger partial charge >= 0.3 is 0 Å². The second kappa shape index (κ2) is 5.98. The highest BCUT2D eigenvalue weighted by Gasteiger charge is 1.98. The lowest BCUT2D eigenvalue weighted by atomic mass is 10.1. The molecule has 1 nitrogen and oxygen atoms in total. The van der Waals surface area contributed by atoms with Gasteiger partial charge in [-0.3, -0.25) is 0 Å². The Morgan fingerprint density at radius 1 is 1.38 bits per heavy atom. The number of ether oxygens (including phenoxy) is 1. The van der Waals surface area contributed by atoms with E-state index in [1.54, 1.807) is 0 Å². The molecular weight excluding hydrogens is 160 g/mol. The van der Waals surface area contributed by atoms with Gasteiger partial charge in [0.1, 0.15) is 0 Å². The van der Waals surface area contributed by atoms with E-state index < -0.39 is 0 Å². The molecule has 0 N–H and O–H groups in total. The van der Waals surface area contributed by atoms with Gasteiger partial charge < -0.3 is 4.74 Å². The second-order valence-corrected chi connectivity index (χ2v) is 3.99. The van der Waals surface area contributed by atoms with Crippen LogP contribution in [0.1, 0.15) is 33.1 Å². The summed E-state index contributed by atoms with van der Waals surface area (Å²) in [6, 6.07) is 0. The molecule has 74 valence electrons. The first kappa shape index (κ1) is 10.5. The first-order valence-electron chi connectivity index (χ1n) is 5.22. The van der Waals surface area contributed by atoms with Crippen LogP contribution in [0.15, 0.2) is 23.8 Å². The van der Waals surface area contributed by atoms with E-state index in [-0.39, 0.29) is 0 Å². The van der Waals surface area contributed by atoms with Gasteiger partial charge in [0.25, 0.3) is 0 Å². The minimum atomic E-state index is 0.746. The third kappa shape index (κ3) is 4.89. The van der Waals surface area contributed by atoms with Crippen molar-refractivity contribution in [3.05, 3.63) is 23.8 Å². The summed E-state index contributed by atoms with van der Waals surface area (Å²) in [5.41, 5.74) is 1.34. The van der Waals surface area contributed by atoms with Crippen LogP contribution in [0.4, 0.5) is 0 Å². The molecule has 0 spiro atoms. The molecule has 1 heteroatoms. The van der Waals surface area contributed by atoms with E-state index in [1.807, 2.05) is 0 Å². The molecule has 1 rings (SSSR count). The predicted molar refractivity (Wildman–Crippen MR) is 56.7 cm³/mol. The summed E-state index contributed by atoms with van der Waals surface area (Å²) in [7, 11) is 0. The van der Waals surface area contributed by atoms with Gasteiger partial charge in [0.05, 0.1) is 6.61 Å². The quantitative estimate of drug-likeness (QED) is 0.590. The Hall–Kier alpha value is -0.560. The van der Waals surface area contributed by atoms with E-state index in [0.29, 0.717) is 0 Å². The highest BCUT2D eigenvalue weighted by Crippen LogP contribution is 2.10. The molecule has 0 amide bonds. The highest BCUT2D eigenvalue weighted by atomic mass is 16.5. The molecule has 0 saturated heterocycles. The van der Waals surface area contributed by atoms with E-state index in [2.05, 4.69) is 32.1 Å². The molecule has 0 heterocycles. The van der Waals surface area contributed by atoms with E-state index in [4.69, 9.17) is 4.74 Å². The fraction of sp³-hybridized carbons (Fsp3) is 0.667. The maximum Gasteiger partial charge on any atom is 0.0713 e. The summed E-state index contributed by atoms with van der Waals surface area (Å²) >= 11 is 0. The summed E-state index contributed by atoms with van der Waals surface area (Å²) in [5.74, 6) is 0.746. The smallest absolute Gasteiger partial charge is 0.0713 e. The monoisotopic (exact) mass is 180 g/mol. The van der Waals surface area contributed by atoms with Crippen molar-refractivity contribution in [3.8, 4) is 0 Å². The van der Waals surface area contributed by atoms with Crippen LogP contribution in [0.3, 0.4) is 0 Å². The standard InChI is InChI=1S/C12H20O/c1-11(2)8-9-13-10-12-6-4-3-5-7-12/h4,6-7,11H,3,5,8-10H2,1-2H3. The third-order valence-electron chi connectivity index (χ3n) is 2.18. The fourth-order valence-electron chi connectivity index (χ4n) is 1.28. The summed E-state index contributed by atoms with van der Waals surface area (Å²) in [5, 5.41) is 0. The van der Waals surface area contributed by atoms with Crippen LogP contribution >= 0.6 is 0 Å². The van der Waals surface area contributed by atoms with E-state index in [0.717, 1.165) is 25.6 Å². The topological polar surface area (TPSA) is 9.23 Å². The van der Waals surface area contributed by atoms with Crippen LogP contribution in [-0.4, -0.2) is 13.2 Å². The van der Waals surface area contributed by atoms with Gasteiger partial charge in [-0.15, -0.1) is 0 Å². The summed E-state index contributed by atoms with van der Waals surface area (Å²) in [6.45, 7) is 6.14. The maximum absolute atomic E-state index is 5.56. The van der Waals surface area contributed by atoms with Crippen molar-refractivity contribution in [2.24, 2.45) is 5.92 Å². The largest absolute Gasteiger partial charge is 0.377 e. The highest BCUT2D eigenvalue weighted by molar-refractivity contribution is 5.22. The SMILES string of the molecule is CC(C)CCOCC1=CCCC=C1. The molecule has 1 aliphatic carbocycles. The maximum atomic E-state index is 5.56. The van der Waals surface area contributed by atoms with Gasteiger partial charge in [0, 0.05) is 6.61 Å². The Morgan fingerprint density at radius 2 is 2.23 bits per heavy atom. The first-order chi connectivity index (χ1) is 6.29. The average Bonchev–Trinajstić information content (AvgIpc) is 2.14. The zero-order valence-corrected chi connectivity index (χ0v) is 8.75. The lowest BCUT2D eigenvalue weighted by molar-refractivity contribution is 0.145. The molecule has 0 bridgehead atoms. The number of hydrogen-bond donors (Lipinski definition) is 0. The second-order valence-electron chi connectivity index (χ2n) is 3.99. The van der Waals surface area contributed by atoms with Crippen molar-refractivity contribution in [3.63, 3.8) is 0 Å². The van der Waals surface area contributed by atoms with Crippen molar-refractivity contribution in [2.75, 3.05) is 13.2 Å². The van der Waals surface area contributed by atoms with Crippen LogP contribution in [0.25, 0.3) is 0 Å². The summed E-state index contributed by atoms with van der Waals surface area (Å²) in [6.07, 6.45) is 10.2. The Bertz CT molecular complexity index is 189. The number of rotatable bonds is 5. The molecule has 0 aromatic heterocycles. The molecule has 0 atom stereocenters. The Kier molecular flexibility index (Phi) is 4.84. The van der Waals surface area contributed by atoms with Gasteiger partial charge in [-0.25, -0.2) is 0 Å². The van der Waals surface area contributed by atoms with Crippen molar-refractivity contribution in [1.82, 2.24) is 0 Å². The first-order valence-corrected chi connectivity index (χ1v) is 5.22. The van der Waals surface area contributed by atoms with Gasteiger partial charge in [0.15, 0.2) is 0 Å².